The third-order valence-corrected chi connectivity index (χ3v) is 3.34. The lowest BCUT2D eigenvalue weighted by molar-refractivity contribution is 0.598. The first kappa shape index (κ1) is 13.3. The molecule has 1 aliphatic rings. The number of halogens is 1. The van der Waals surface area contributed by atoms with E-state index in [1.165, 1.54) is 18.9 Å². The van der Waals surface area contributed by atoms with E-state index < -0.39 is 0 Å². The Morgan fingerprint density at radius 2 is 2.00 bits per heavy atom. The van der Waals surface area contributed by atoms with Crippen LogP contribution in [0.1, 0.15) is 45.2 Å². The summed E-state index contributed by atoms with van der Waals surface area (Å²) in [6, 6.07) is 5.49. The Hall–Kier alpha value is -1.09. The normalized spacial score (nSPS) is 17.0. The smallest absolute Gasteiger partial charge is 0.123 e. The molecule has 3 heteroatoms. The highest BCUT2D eigenvalue weighted by Crippen LogP contribution is 2.36. The number of nitrogens with zero attached hydrogens (tertiary/aromatic N) is 1. The van der Waals surface area contributed by atoms with Crippen LogP contribution in [0.3, 0.4) is 0 Å². The molecule has 100 valence electrons. The van der Waals surface area contributed by atoms with Crippen molar-refractivity contribution in [2.24, 2.45) is 11.7 Å². The number of anilines is 1. The fourth-order valence-electron chi connectivity index (χ4n) is 2.38. The molecule has 1 atom stereocenters. The first-order chi connectivity index (χ1) is 8.49. The van der Waals surface area contributed by atoms with Crippen molar-refractivity contribution in [3.8, 4) is 0 Å². The number of nitrogens with two attached hydrogens (primary N) is 1. The summed E-state index contributed by atoms with van der Waals surface area (Å²) in [5.41, 5.74) is 8.01. The summed E-state index contributed by atoms with van der Waals surface area (Å²) in [5, 5.41) is 0. The maximum absolute atomic E-state index is 13.4. The molecule has 0 spiro atoms. The molecular formula is C15H23FN2. The van der Waals surface area contributed by atoms with E-state index in [4.69, 9.17) is 5.73 Å². The Labute approximate surface area is 109 Å². The van der Waals surface area contributed by atoms with Crippen LogP contribution in [-0.2, 0) is 0 Å². The number of hydrogen-bond donors (Lipinski definition) is 1. The highest BCUT2D eigenvalue weighted by molar-refractivity contribution is 5.56. The van der Waals surface area contributed by atoms with Crippen LogP contribution in [-0.4, -0.2) is 12.6 Å². The lowest BCUT2D eigenvalue weighted by Crippen LogP contribution is -2.31. The number of benzene rings is 1. The molecule has 0 bridgehead atoms. The van der Waals surface area contributed by atoms with Crippen molar-refractivity contribution >= 4 is 5.69 Å². The fraction of sp³-hybridized carbons (Fsp3) is 0.600. The first-order valence-corrected chi connectivity index (χ1v) is 6.80. The van der Waals surface area contributed by atoms with E-state index in [-0.39, 0.29) is 11.9 Å². The summed E-state index contributed by atoms with van der Waals surface area (Å²) in [6.45, 7) is 7.35. The quantitative estimate of drug-likeness (QED) is 0.867. The lowest BCUT2D eigenvalue weighted by Gasteiger charge is -2.30. The van der Waals surface area contributed by atoms with Crippen LogP contribution in [0, 0.1) is 11.7 Å². The number of rotatable bonds is 5. The van der Waals surface area contributed by atoms with Gasteiger partial charge in [0.2, 0.25) is 0 Å². The molecule has 0 aromatic heterocycles. The molecule has 2 rings (SSSR count). The molecule has 0 heterocycles. The Kier molecular flexibility index (Phi) is 3.91. The molecule has 2 nitrogen and oxygen atoms in total. The molecule has 2 N–H and O–H groups in total. The maximum Gasteiger partial charge on any atom is 0.123 e. The molecular weight excluding hydrogens is 227 g/mol. The van der Waals surface area contributed by atoms with Crippen molar-refractivity contribution in [1.82, 2.24) is 0 Å². The van der Waals surface area contributed by atoms with Crippen molar-refractivity contribution < 1.29 is 4.39 Å². The zero-order chi connectivity index (χ0) is 13.3. The van der Waals surface area contributed by atoms with Gasteiger partial charge in [-0.1, -0.05) is 13.8 Å². The zero-order valence-corrected chi connectivity index (χ0v) is 11.5. The van der Waals surface area contributed by atoms with Crippen LogP contribution in [0.4, 0.5) is 10.1 Å². The molecule has 0 saturated heterocycles. The molecule has 1 aromatic rings. The Bertz CT molecular complexity index is 411. The van der Waals surface area contributed by atoms with Gasteiger partial charge in [0.1, 0.15) is 5.82 Å². The Morgan fingerprint density at radius 1 is 1.33 bits per heavy atom. The summed E-state index contributed by atoms with van der Waals surface area (Å²) >= 11 is 0. The molecule has 1 fully saturated rings. The Balaban J connectivity index is 2.34. The third-order valence-electron chi connectivity index (χ3n) is 3.34. The maximum atomic E-state index is 13.4. The molecule has 1 unspecified atom stereocenters. The van der Waals surface area contributed by atoms with Crippen LogP contribution in [0.5, 0.6) is 0 Å². The van der Waals surface area contributed by atoms with Gasteiger partial charge in [-0.2, -0.15) is 0 Å². The average Bonchev–Trinajstić information content (AvgIpc) is 3.09. The van der Waals surface area contributed by atoms with E-state index in [1.54, 1.807) is 6.07 Å². The zero-order valence-electron chi connectivity index (χ0n) is 11.5. The summed E-state index contributed by atoms with van der Waals surface area (Å²) in [4.78, 5) is 2.41. The average molecular weight is 250 g/mol. The van der Waals surface area contributed by atoms with Gasteiger partial charge in [-0.3, -0.25) is 0 Å². The first-order valence-electron chi connectivity index (χ1n) is 6.80. The van der Waals surface area contributed by atoms with Crippen molar-refractivity contribution in [3.63, 3.8) is 0 Å². The largest absolute Gasteiger partial charge is 0.368 e. The van der Waals surface area contributed by atoms with E-state index in [2.05, 4.69) is 18.7 Å². The fourth-order valence-corrected chi connectivity index (χ4v) is 2.38. The van der Waals surface area contributed by atoms with Gasteiger partial charge in [-0.05, 0) is 49.4 Å². The van der Waals surface area contributed by atoms with Crippen molar-refractivity contribution in [2.45, 2.75) is 45.7 Å². The highest BCUT2D eigenvalue weighted by atomic mass is 19.1. The minimum atomic E-state index is -0.202. The van der Waals surface area contributed by atoms with Gasteiger partial charge in [0.25, 0.3) is 0 Å². The van der Waals surface area contributed by atoms with Gasteiger partial charge in [-0.25, -0.2) is 4.39 Å². The van der Waals surface area contributed by atoms with Crippen LogP contribution >= 0.6 is 0 Å². The van der Waals surface area contributed by atoms with Crippen LogP contribution in [0.2, 0.25) is 0 Å². The van der Waals surface area contributed by atoms with Gasteiger partial charge in [-0.15, -0.1) is 0 Å². The van der Waals surface area contributed by atoms with E-state index >= 15 is 0 Å². The van der Waals surface area contributed by atoms with Crippen LogP contribution < -0.4 is 10.6 Å². The van der Waals surface area contributed by atoms with Crippen molar-refractivity contribution in [3.05, 3.63) is 29.6 Å². The van der Waals surface area contributed by atoms with Gasteiger partial charge in [0.05, 0.1) is 0 Å². The summed E-state index contributed by atoms with van der Waals surface area (Å²) in [6.07, 6.45) is 2.48. The highest BCUT2D eigenvalue weighted by Gasteiger charge is 2.31. The van der Waals surface area contributed by atoms with Crippen molar-refractivity contribution in [2.75, 3.05) is 11.4 Å². The van der Waals surface area contributed by atoms with E-state index in [1.807, 2.05) is 13.0 Å². The van der Waals surface area contributed by atoms with Gasteiger partial charge < -0.3 is 10.6 Å². The standard InChI is InChI=1S/C15H23FN2/c1-10(2)9-18(13-5-6-13)15-7-4-12(16)8-14(15)11(3)17/h4,7-8,10-11,13H,5-6,9,17H2,1-3H3. The molecule has 0 amide bonds. The molecule has 1 saturated carbocycles. The van der Waals surface area contributed by atoms with Crippen LogP contribution in [0.15, 0.2) is 18.2 Å². The minimum absolute atomic E-state index is 0.135. The Morgan fingerprint density at radius 3 is 2.50 bits per heavy atom. The predicted molar refractivity (Wildman–Crippen MR) is 74.2 cm³/mol. The molecule has 1 aliphatic carbocycles. The van der Waals surface area contributed by atoms with E-state index in [0.29, 0.717) is 12.0 Å². The second kappa shape index (κ2) is 5.27. The second-order valence-electron chi connectivity index (χ2n) is 5.77. The molecule has 1 aromatic carbocycles. The predicted octanol–water partition coefficient (Wildman–Crippen LogP) is 3.47. The topological polar surface area (TPSA) is 29.3 Å². The van der Waals surface area contributed by atoms with Gasteiger partial charge in [0.15, 0.2) is 0 Å². The minimum Gasteiger partial charge on any atom is -0.368 e. The van der Waals surface area contributed by atoms with E-state index in [0.717, 1.165) is 17.8 Å². The summed E-state index contributed by atoms with van der Waals surface area (Å²) in [7, 11) is 0. The van der Waals surface area contributed by atoms with E-state index in [9.17, 15) is 4.39 Å². The third kappa shape index (κ3) is 3.02. The summed E-state index contributed by atoms with van der Waals surface area (Å²) < 4.78 is 13.4. The second-order valence-corrected chi connectivity index (χ2v) is 5.77. The van der Waals surface area contributed by atoms with Gasteiger partial charge >= 0.3 is 0 Å². The monoisotopic (exact) mass is 250 g/mol. The molecule has 0 aliphatic heterocycles. The summed E-state index contributed by atoms with van der Waals surface area (Å²) in [5.74, 6) is 0.392. The molecule has 0 radical (unpaired) electrons. The molecule has 18 heavy (non-hydrogen) atoms. The lowest BCUT2D eigenvalue weighted by atomic mass is 10.0. The van der Waals surface area contributed by atoms with Crippen LogP contribution in [0.25, 0.3) is 0 Å². The number of hydrogen-bond acceptors (Lipinski definition) is 2. The van der Waals surface area contributed by atoms with Gasteiger partial charge in [0, 0.05) is 24.3 Å². The SMILES string of the molecule is CC(C)CN(c1ccc(F)cc1C(C)N)C1CC1. The van der Waals surface area contributed by atoms with Crippen molar-refractivity contribution in [1.29, 1.82) is 0 Å².